The molecule has 0 aliphatic carbocycles. The molecular formula is C41H43FNO5PSi. The van der Waals surface area contributed by atoms with Gasteiger partial charge in [-0.1, -0.05) is 125 Å². The number of carboxylic acid groups (broad SMARTS) is 1. The van der Waals surface area contributed by atoms with Gasteiger partial charge in [0.15, 0.2) is 8.03 Å². The van der Waals surface area contributed by atoms with Crippen molar-refractivity contribution >= 4 is 43.6 Å². The molecule has 258 valence electrons. The lowest BCUT2D eigenvalue weighted by molar-refractivity contribution is -0.138. The number of aromatic nitrogens is 1. The summed E-state index contributed by atoms with van der Waals surface area (Å²) < 4.78 is 40.2. The minimum atomic E-state index is -3.11. The second kappa shape index (κ2) is 16.1. The highest BCUT2D eigenvalue weighted by Crippen LogP contribution is 2.39. The molecule has 0 amide bonds. The highest BCUT2D eigenvalue weighted by Gasteiger charge is 2.51. The van der Waals surface area contributed by atoms with Gasteiger partial charge >= 0.3 is 5.97 Å². The number of hydrogen-bond acceptors (Lipinski definition) is 5. The first-order chi connectivity index (χ1) is 23.9. The summed E-state index contributed by atoms with van der Waals surface area (Å²) in [5, 5.41) is 12.5. The number of pyridine rings is 1. The minimum absolute atomic E-state index is 0.0707. The average Bonchev–Trinajstić information content (AvgIpc) is 3.08. The molecule has 9 heteroatoms. The van der Waals surface area contributed by atoms with Gasteiger partial charge in [-0.25, -0.2) is 9.37 Å². The van der Waals surface area contributed by atoms with Gasteiger partial charge < -0.3 is 14.1 Å². The molecule has 0 saturated heterocycles. The monoisotopic (exact) mass is 707 g/mol. The molecule has 4 aromatic carbocycles. The number of aliphatic carboxylic acids is 1. The van der Waals surface area contributed by atoms with Crippen molar-refractivity contribution < 1.29 is 27.8 Å². The van der Waals surface area contributed by atoms with Gasteiger partial charge in [-0.2, -0.15) is 0 Å². The Balaban J connectivity index is 1.44. The molecule has 5 rings (SSSR count). The summed E-state index contributed by atoms with van der Waals surface area (Å²) in [4.78, 5) is 17.0. The summed E-state index contributed by atoms with van der Waals surface area (Å²) in [5.74, 6) is 5.00. The lowest BCUT2D eigenvalue weighted by atomic mass is 9.90. The summed E-state index contributed by atoms with van der Waals surface area (Å²) in [7, 11) is -5.88. The number of benzene rings is 4. The maximum atomic E-state index is 13.8. The molecule has 0 spiro atoms. The Morgan fingerprint density at radius 3 is 2.04 bits per heavy atom. The molecule has 1 heterocycles. The summed E-state index contributed by atoms with van der Waals surface area (Å²) in [6.45, 7) is 10.4. The van der Waals surface area contributed by atoms with Crippen LogP contribution in [-0.2, 0) is 18.3 Å². The summed E-state index contributed by atoms with van der Waals surface area (Å²) >= 11 is 0. The molecule has 1 aromatic heterocycles. The van der Waals surface area contributed by atoms with Gasteiger partial charge in [0.25, 0.3) is 8.32 Å². The molecule has 0 aliphatic heterocycles. The highest BCUT2D eigenvalue weighted by molar-refractivity contribution is 7.39. The number of carboxylic acids is 1. The Morgan fingerprint density at radius 2 is 1.48 bits per heavy atom. The van der Waals surface area contributed by atoms with Crippen LogP contribution < -0.4 is 10.4 Å². The van der Waals surface area contributed by atoms with Gasteiger partial charge in [-0.15, -0.1) is 0 Å². The number of rotatable bonds is 12. The first kappa shape index (κ1) is 36.9. The largest absolute Gasteiger partial charge is 0.481 e. The van der Waals surface area contributed by atoms with Crippen molar-refractivity contribution in [3.8, 4) is 23.1 Å². The molecule has 1 unspecified atom stereocenters. The Kier molecular flexibility index (Phi) is 11.9. The number of carbonyl (C=O) groups is 1. The second-order valence-corrected chi connectivity index (χ2v) is 19.3. The van der Waals surface area contributed by atoms with E-state index in [1.807, 2.05) is 84.9 Å². The van der Waals surface area contributed by atoms with E-state index in [9.17, 15) is 18.9 Å². The third-order valence-corrected chi connectivity index (χ3v) is 15.1. The molecule has 2 atom stereocenters. The third kappa shape index (κ3) is 8.31. The Bertz CT molecular complexity index is 1980. The molecule has 1 N–H and O–H groups in total. The smallest absolute Gasteiger partial charge is 0.305 e. The Morgan fingerprint density at radius 1 is 0.900 bits per heavy atom. The predicted molar refractivity (Wildman–Crippen MR) is 203 cm³/mol. The van der Waals surface area contributed by atoms with Gasteiger partial charge in [0.1, 0.15) is 12.4 Å². The molecule has 0 saturated carbocycles. The van der Waals surface area contributed by atoms with Crippen molar-refractivity contribution in [2.24, 2.45) is 0 Å². The SMILES string of the molecule is CC(C)c1c(C#CCO[PH](=O)C[C@H](CC(=O)O)O[Si](c2ccccc2)(c2ccccc2)C(C)(C)C)c(-c2ccc(F)cc2)nc2ccccc12. The van der Waals surface area contributed by atoms with Crippen molar-refractivity contribution in [3.05, 3.63) is 126 Å². The van der Waals surface area contributed by atoms with Crippen molar-refractivity contribution in [3.63, 3.8) is 0 Å². The van der Waals surface area contributed by atoms with Crippen LogP contribution in [0, 0.1) is 17.7 Å². The van der Waals surface area contributed by atoms with Gasteiger partial charge in [0.05, 0.1) is 29.3 Å². The first-order valence-electron chi connectivity index (χ1n) is 16.7. The van der Waals surface area contributed by atoms with E-state index in [-0.39, 0.29) is 30.9 Å². The lowest BCUT2D eigenvalue weighted by Gasteiger charge is -2.45. The van der Waals surface area contributed by atoms with Crippen LogP contribution in [0.1, 0.15) is 58.1 Å². The fraction of sp³-hybridized carbons (Fsp3) is 0.268. The summed E-state index contributed by atoms with van der Waals surface area (Å²) in [5.41, 5.74) is 3.89. The fourth-order valence-corrected chi connectivity index (χ4v) is 12.4. The standard InChI is InChI=1S/C41H43FNO5PSi/c1-29(2)39-35-19-12-13-21-37(35)43-40(30-22-24-31(42)25-23-30)36(39)20-14-26-47-49(46)28-32(27-38(44)45)48-50(41(3,4)5,33-15-8-6-9-16-33)34-17-10-7-11-18-34/h6-13,15-19,21-25,29,32,49H,26-28H2,1-5H3,(H,44,45)/t32-/m0/s1. The van der Waals surface area contributed by atoms with Crippen LogP contribution >= 0.6 is 8.03 Å². The van der Waals surface area contributed by atoms with E-state index in [0.717, 1.165) is 32.4 Å². The zero-order chi connectivity index (χ0) is 35.9. The average molecular weight is 708 g/mol. The van der Waals surface area contributed by atoms with Crippen molar-refractivity contribution in [1.82, 2.24) is 4.98 Å². The maximum absolute atomic E-state index is 13.8. The van der Waals surface area contributed by atoms with Gasteiger partial charge in [0, 0.05) is 17.1 Å². The van der Waals surface area contributed by atoms with E-state index in [0.29, 0.717) is 11.3 Å². The number of nitrogens with zero attached hydrogens (tertiary/aromatic N) is 1. The molecule has 0 fully saturated rings. The van der Waals surface area contributed by atoms with E-state index in [1.54, 1.807) is 12.1 Å². The van der Waals surface area contributed by atoms with Crippen LogP contribution in [0.5, 0.6) is 0 Å². The van der Waals surface area contributed by atoms with Crippen LogP contribution in [0.4, 0.5) is 4.39 Å². The molecule has 5 aromatic rings. The van der Waals surface area contributed by atoms with Crippen LogP contribution in [0.25, 0.3) is 22.2 Å². The van der Waals surface area contributed by atoms with Crippen LogP contribution in [0.2, 0.25) is 5.04 Å². The quantitative estimate of drug-likeness (QED) is 0.0797. The molecule has 50 heavy (non-hydrogen) atoms. The zero-order valence-electron chi connectivity index (χ0n) is 29.1. The van der Waals surface area contributed by atoms with E-state index in [2.05, 4.69) is 46.5 Å². The first-order valence-corrected chi connectivity index (χ1v) is 20.2. The molecule has 6 nitrogen and oxygen atoms in total. The van der Waals surface area contributed by atoms with E-state index >= 15 is 0 Å². The Hall–Kier alpha value is -4.38. The summed E-state index contributed by atoms with van der Waals surface area (Å²) in [6, 6.07) is 33.9. The number of para-hydroxylation sites is 1. The lowest BCUT2D eigenvalue weighted by Crippen LogP contribution is -2.68. The van der Waals surface area contributed by atoms with Crippen LogP contribution in [0.15, 0.2) is 109 Å². The zero-order valence-corrected chi connectivity index (χ0v) is 31.1. The van der Waals surface area contributed by atoms with E-state index in [1.165, 1.54) is 12.1 Å². The second-order valence-electron chi connectivity index (χ2n) is 13.6. The van der Waals surface area contributed by atoms with Gasteiger partial charge in [0.2, 0.25) is 0 Å². The third-order valence-electron chi connectivity index (χ3n) is 8.70. The number of hydrogen-bond donors (Lipinski definition) is 1. The number of fused-ring (bicyclic) bond motifs is 1. The normalized spacial score (nSPS) is 13.1. The van der Waals surface area contributed by atoms with Crippen molar-refractivity contribution in [2.75, 3.05) is 12.8 Å². The fourth-order valence-electron chi connectivity index (χ4n) is 6.56. The van der Waals surface area contributed by atoms with E-state index in [4.69, 9.17) is 13.9 Å². The van der Waals surface area contributed by atoms with Crippen LogP contribution in [-0.4, -0.2) is 43.2 Å². The topological polar surface area (TPSA) is 85.7 Å². The number of halogens is 1. The minimum Gasteiger partial charge on any atom is -0.481 e. The molecule has 0 aliphatic rings. The Labute approximate surface area is 295 Å². The maximum Gasteiger partial charge on any atom is 0.305 e. The van der Waals surface area contributed by atoms with Crippen LogP contribution in [0.3, 0.4) is 0 Å². The molecular weight excluding hydrogens is 665 g/mol. The van der Waals surface area contributed by atoms with Gasteiger partial charge in [-0.3, -0.25) is 9.36 Å². The van der Waals surface area contributed by atoms with Gasteiger partial charge in [-0.05, 0) is 57.2 Å². The predicted octanol–water partition coefficient (Wildman–Crippen LogP) is 8.43. The van der Waals surface area contributed by atoms with Crippen molar-refractivity contribution in [1.29, 1.82) is 0 Å². The molecule has 0 radical (unpaired) electrons. The molecule has 0 bridgehead atoms. The van der Waals surface area contributed by atoms with Crippen molar-refractivity contribution in [2.45, 2.75) is 58.1 Å². The highest BCUT2D eigenvalue weighted by atomic mass is 31.1. The summed E-state index contributed by atoms with van der Waals surface area (Å²) in [6.07, 6.45) is -1.25. The van der Waals surface area contributed by atoms with E-state index < -0.39 is 33.5 Å².